The minimum absolute atomic E-state index is 0.438. The van der Waals surface area contributed by atoms with Crippen LogP contribution < -0.4 is 20.1 Å². The summed E-state index contributed by atoms with van der Waals surface area (Å²) in [6, 6.07) is 7.11. The maximum Gasteiger partial charge on any atom is 0.162 e. The van der Waals surface area contributed by atoms with Crippen LogP contribution in [0, 0.1) is 0 Å². The molecule has 1 aliphatic heterocycles. The van der Waals surface area contributed by atoms with Crippen molar-refractivity contribution >= 4 is 5.69 Å². The van der Waals surface area contributed by atoms with Gasteiger partial charge >= 0.3 is 0 Å². The topological polar surface area (TPSA) is 42.5 Å². The third kappa shape index (κ3) is 4.04. The van der Waals surface area contributed by atoms with E-state index in [1.165, 1.54) is 12.8 Å². The van der Waals surface area contributed by atoms with Gasteiger partial charge in [-0.05, 0) is 51.8 Å². The molecule has 2 atom stereocenters. The Bertz CT molecular complexity index is 417. The first-order valence-corrected chi connectivity index (χ1v) is 7.53. The lowest BCUT2D eigenvalue weighted by Crippen LogP contribution is -2.29. The van der Waals surface area contributed by atoms with Gasteiger partial charge in [0.15, 0.2) is 11.5 Å². The fourth-order valence-corrected chi connectivity index (χ4v) is 2.76. The maximum atomic E-state index is 5.53. The van der Waals surface area contributed by atoms with Gasteiger partial charge in [0.25, 0.3) is 0 Å². The highest BCUT2D eigenvalue weighted by molar-refractivity contribution is 5.55. The van der Waals surface area contributed by atoms with Crippen LogP contribution >= 0.6 is 0 Å². The lowest BCUT2D eigenvalue weighted by molar-refractivity contribution is 0.311. The van der Waals surface area contributed by atoms with Crippen molar-refractivity contribution in [1.29, 1.82) is 0 Å². The molecule has 1 aliphatic rings. The molecule has 0 spiro atoms. The van der Waals surface area contributed by atoms with Crippen LogP contribution in [0.3, 0.4) is 0 Å². The zero-order valence-electron chi connectivity index (χ0n) is 12.7. The van der Waals surface area contributed by atoms with E-state index in [9.17, 15) is 0 Å². The summed E-state index contributed by atoms with van der Waals surface area (Å²) in [6.07, 6.45) is 3.74. The molecule has 20 heavy (non-hydrogen) atoms. The molecule has 2 N–H and O–H groups in total. The molecule has 4 heteroatoms. The van der Waals surface area contributed by atoms with Crippen LogP contribution in [-0.4, -0.2) is 32.3 Å². The Morgan fingerprint density at radius 1 is 1.40 bits per heavy atom. The second-order valence-corrected chi connectivity index (χ2v) is 5.37. The average Bonchev–Trinajstić information content (AvgIpc) is 2.93. The Kier molecular flexibility index (Phi) is 5.53. The van der Waals surface area contributed by atoms with Crippen molar-refractivity contribution < 1.29 is 9.47 Å². The molecule has 0 amide bonds. The van der Waals surface area contributed by atoms with Crippen LogP contribution in [0.5, 0.6) is 11.5 Å². The Morgan fingerprint density at radius 3 is 2.90 bits per heavy atom. The van der Waals surface area contributed by atoms with Gasteiger partial charge < -0.3 is 20.1 Å². The molecule has 2 rings (SSSR count). The van der Waals surface area contributed by atoms with Crippen molar-refractivity contribution in [2.45, 2.75) is 45.2 Å². The SMILES string of the molecule is CCOc1ccc(NC(C)CC2CCCN2)cc1OC. The van der Waals surface area contributed by atoms with Crippen LogP contribution in [-0.2, 0) is 0 Å². The third-order valence-corrected chi connectivity index (χ3v) is 3.68. The number of benzene rings is 1. The fourth-order valence-electron chi connectivity index (χ4n) is 2.76. The summed E-state index contributed by atoms with van der Waals surface area (Å²) in [5.41, 5.74) is 1.08. The van der Waals surface area contributed by atoms with Gasteiger partial charge in [0, 0.05) is 23.8 Å². The number of rotatable bonds is 7. The first-order chi connectivity index (χ1) is 9.72. The quantitative estimate of drug-likeness (QED) is 0.804. The van der Waals surface area contributed by atoms with E-state index in [0.717, 1.165) is 30.2 Å². The number of hydrogen-bond acceptors (Lipinski definition) is 4. The van der Waals surface area contributed by atoms with Crippen molar-refractivity contribution in [2.75, 3.05) is 25.6 Å². The lowest BCUT2D eigenvalue weighted by atomic mass is 10.1. The van der Waals surface area contributed by atoms with Gasteiger partial charge in [0.2, 0.25) is 0 Å². The second-order valence-electron chi connectivity index (χ2n) is 5.37. The molecule has 1 saturated heterocycles. The second kappa shape index (κ2) is 7.39. The summed E-state index contributed by atoms with van der Waals surface area (Å²) in [7, 11) is 1.67. The zero-order valence-corrected chi connectivity index (χ0v) is 12.7. The fraction of sp³-hybridized carbons (Fsp3) is 0.625. The van der Waals surface area contributed by atoms with Crippen molar-refractivity contribution in [3.63, 3.8) is 0 Å². The molecule has 1 heterocycles. The van der Waals surface area contributed by atoms with E-state index < -0.39 is 0 Å². The molecule has 1 aromatic carbocycles. The first kappa shape index (κ1) is 15.0. The Hall–Kier alpha value is -1.42. The molecule has 4 nitrogen and oxygen atoms in total. The van der Waals surface area contributed by atoms with E-state index in [-0.39, 0.29) is 0 Å². The van der Waals surface area contributed by atoms with Gasteiger partial charge in [0.1, 0.15) is 0 Å². The van der Waals surface area contributed by atoms with Gasteiger partial charge in [0.05, 0.1) is 13.7 Å². The van der Waals surface area contributed by atoms with Gasteiger partial charge in [-0.3, -0.25) is 0 Å². The third-order valence-electron chi connectivity index (χ3n) is 3.68. The van der Waals surface area contributed by atoms with Crippen LogP contribution in [0.2, 0.25) is 0 Å². The molecule has 1 fully saturated rings. The Balaban J connectivity index is 1.94. The van der Waals surface area contributed by atoms with Crippen LogP contribution in [0.15, 0.2) is 18.2 Å². The predicted octanol–water partition coefficient (Wildman–Crippen LogP) is 3.04. The molecular weight excluding hydrogens is 252 g/mol. The number of methoxy groups -OCH3 is 1. The largest absolute Gasteiger partial charge is 0.493 e. The monoisotopic (exact) mass is 278 g/mol. The summed E-state index contributed by atoms with van der Waals surface area (Å²) in [5, 5.41) is 7.07. The molecule has 112 valence electrons. The van der Waals surface area contributed by atoms with Crippen molar-refractivity contribution in [3.8, 4) is 11.5 Å². The highest BCUT2D eigenvalue weighted by atomic mass is 16.5. The highest BCUT2D eigenvalue weighted by Gasteiger charge is 2.17. The van der Waals surface area contributed by atoms with E-state index in [4.69, 9.17) is 9.47 Å². The normalized spacial score (nSPS) is 19.6. The summed E-state index contributed by atoms with van der Waals surface area (Å²) in [4.78, 5) is 0. The minimum atomic E-state index is 0.438. The van der Waals surface area contributed by atoms with Crippen LogP contribution in [0.4, 0.5) is 5.69 Å². The molecule has 0 bridgehead atoms. The van der Waals surface area contributed by atoms with Gasteiger partial charge in [-0.2, -0.15) is 0 Å². The number of nitrogens with one attached hydrogen (secondary N) is 2. The predicted molar refractivity (Wildman–Crippen MR) is 82.9 cm³/mol. The molecule has 2 unspecified atom stereocenters. The number of ether oxygens (including phenoxy) is 2. The van der Waals surface area contributed by atoms with Crippen LogP contribution in [0.25, 0.3) is 0 Å². The Morgan fingerprint density at radius 2 is 2.25 bits per heavy atom. The molecule has 0 radical (unpaired) electrons. The summed E-state index contributed by atoms with van der Waals surface area (Å²) >= 11 is 0. The number of hydrogen-bond donors (Lipinski definition) is 2. The van der Waals surface area contributed by atoms with Gasteiger partial charge in [-0.1, -0.05) is 0 Å². The van der Waals surface area contributed by atoms with Crippen LogP contribution in [0.1, 0.15) is 33.1 Å². The first-order valence-electron chi connectivity index (χ1n) is 7.53. The molecule has 0 aliphatic carbocycles. The van der Waals surface area contributed by atoms with E-state index in [2.05, 4.69) is 17.6 Å². The zero-order chi connectivity index (χ0) is 14.4. The molecule has 1 aromatic rings. The Labute approximate surface area is 121 Å². The summed E-state index contributed by atoms with van der Waals surface area (Å²) < 4.78 is 10.9. The van der Waals surface area contributed by atoms with Crippen molar-refractivity contribution in [2.24, 2.45) is 0 Å². The lowest BCUT2D eigenvalue weighted by Gasteiger charge is -2.20. The van der Waals surface area contributed by atoms with Crippen molar-refractivity contribution in [3.05, 3.63) is 18.2 Å². The molecule has 0 aromatic heterocycles. The van der Waals surface area contributed by atoms with E-state index in [1.807, 2.05) is 25.1 Å². The molecule has 0 saturated carbocycles. The smallest absolute Gasteiger partial charge is 0.162 e. The van der Waals surface area contributed by atoms with Crippen molar-refractivity contribution in [1.82, 2.24) is 5.32 Å². The molecular formula is C16H26N2O2. The van der Waals surface area contributed by atoms with Gasteiger partial charge in [-0.25, -0.2) is 0 Å². The van der Waals surface area contributed by atoms with E-state index >= 15 is 0 Å². The average molecular weight is 278 g/mol. The summed E-state index contributed by atoms with van der Waals surface area (Å²) in [5.74, 6) is 1.58. The minimum Gasteiger partial charge on any atom is -0.493 e. The van der Waals surface area contributed by atoms with Gasteiger partial charge in [-0.15, -0.1) is 0 Å². The van der Waals surface area contributed by atoms with E-state index in [1.54, 1.807) is 7.11 Å². The maximum absolute atomic E-state index is 5.53. The summed E-state index contributed by atoms with van der Waals surface area (Å²) in [6.45, 7) is 6.01. The standard InChI is InChI=1S/C16H26N2O2/c1-4-20-15-8-7-14(11-16(15)19-3)18-12(2)10-13-6-5-9-17-13/h7-8,11-13,17-18H,4-6,9-10H2,1-3H3. The van der Waals surface area contributed by atoms with E-state index in [0.29, 0.717) is 18.7 Å². The number of anilines is 1. The highest BCUT2D eigenvalue weighted by Crippen LogP contribution is 2.30.